The molecule has 2 aromatic carbocycles. The van der Waals surface area contributed by atoms with Crippen molar-refractivity contribution in [2.75, 3.05) is 4.90 Å². The van der Waals surface area contributed by atoms with Gasteiger partial charge in [-0.1, -0.05) is 48.0 Å². The molecule has 5 rings (SSSR count). The zero-order valence-electron chi connectivity index (χ0n) is 15.4. The van der Waals surface area contributed by atoms with Crippen molar-refractivity contribution in [1.82, 2.24) is 10.3 Å². The quantitative estimate of drug-likeness (QED) is 0.647. The standard InChI is InChI=1S/C22H16ClN3O2S/c1-12-14(7-4-8-16(12)23)19-9-17-20(29-19)21(27)26(22(28)25-17)18-11-24-10-13-5-2-3-6-15(13)18/h2-11,17,20H,1H3,(H,25,28). The Kier molecular flexibility index (Phi) is 4.33. The van der Waals surface area contributed by atoms with Crippen LogP contribution in [0.4, 0.5) is 10.5 Å². The zero-order valence-corrected chi connectivity index (χ0v) is 17.0. The third kappa shape index (κ3) is 2.91. The number of aromatic nitrogens is 1. The smallest absolute Gasteiger partial charge is 0.329 e. The van der Waals surface area contributed by atoms with Crippen molar-refractivity contribution in [1.29, 1.82) is 0 Å². The lowest BCUT2D eigenvalue weighted by atomic mass is 10.0. The number of hydrogen-bond donors (Lipinski definition) is 1. The molecule has 0 bridgehead atoms. The van der Waals surface area contributed by atoms with Crippen LogP contribution in [0.5, 0.6) is 0 Å². The number of anilines is 1. The van der Waals surface area contributed by atoms with Crippen LogP contribution < -0.4 is 10.2 Å². The Morgan fingerprint density at radius 2 is 1.93 bits per heavy atom. The summed E-state index contributed by atoms with van der Waals surface area (Å²) in [4.78, 5) is 32.6. The van der Waals surface area contributed by atoms with Gasteiger partial charge in [-0.25, -0.2) is 9.69 Å². The molecule has 0 spiro atoms. The van der Waals surface area contributed by atoms with Gasteiger partial charge in [0, 0.05) is 26.9 Å². The largest absolute Gasteiger partial charge is 0.329 e. The summed E-state index contributed by atoms with van der Waals surface area (Å²) in [7, 11) is 0. The molecule has 3 amide bonds. The Morgan fingerprint density at radius 3 is 2.79 bits per heavy atom. The second-order valence-corrected chi connectivity index (χ2v) is 8.60. The highest BCUT2D eigenvalue weighted by molar-refractivity contribution is 8.09. The summed E-state index contributed by atoms with van der Waals surface area (Å²) in [6.07, 6.45) is 5.23. The first-order chi connectivity index (χ1) is 14.0. The van der Waals surface area contributed by atoms with Crippen LogP contribution in [-0.4, -0.2) is 28.2 Å². The number of nitrogens with one attached hydrogen (secondary N) is 1. The van der Waals surface area contributed by atoms with E-state index in [4.69, 9.17) is 11.6 Å². The van der Waals surface area contributed by atoms with Crippen LogP contribution in [0.15, 0.2) is 60.9 Å². The minimum absolute atomic E-state index is 0.243. The van der Waals surface area contributed by atoms with Gasteiger partial charge in [0.15, 0.2) is 0 Å². The van der Waals surface area contributed by atoms with Crippen molar-refractivity contribution in [3.63, 3.8) is 0 Å². The first-order valence-electron chi connectivity index (χ1n) is 9.16. The molecule has 7 heteroatoms. The van der Waals surface area contributed by atoms with Crippen LogP contribution in [0.1, 0.15) is 11.1 Å². The van der Waals surface area contributed by atoms with Gasteiger partial charge < -0.3 is 5.32 Å². The lowest BCUT2D eigenvalue weighted by Gasteiger charge is -2.33. The van der Waals surface area contributed by atoms with E-state index in [9.17, 15) is 9.59 Å². The van der Waals surface area contributed by atoms with Gasteiger partial charge in [-0.2, -0.15) is 0 Å². The minimum Gasteiger partial charge on any atom is -0.329 e. The number of fused-ring (bicyclic) bond motifs is 2. The molecular weight excluding hydrogens is 406 g/mol. The summed E-state index contributed by atoms with van der Waals surface area (Å²) in [6, 6.07) is 12.5. The van der Waals surface area contributed by atoms with E-state index in [1.165, 1.54) is 16.7 Å². The fourth-order valence-corrected chi connectivity index (χ4v) is 5.31. The van der Waals surface area contributed by atoms with E-state index in [2.05, 4.69) is 10.3 Å². The molecule has 0 saturated carbocycles. The number of carbonyl (C=O) groups is 2. The van der Waals surface area contributed by atoms with Crippen LogP contribution in [0, 0.1) is 6.92 Å². The lowest BCUT2D eigenvalue weighted by molar-refractivity contribution is -0.118. The van der Waals surface area contributed by atoms with E-state index >= 15 is 0 Å². The van der Waals surface area contributed by atoms with Crippen LogP contribution >= 0.6 is 23.4 Å². The van der Waals surface area contributed by atoms with Crippen LogP contribution in [0.25, 0.3) is 15.7 Å². The van der Waals surface area contributed by atoms with Crippen molar-refractivity contribution in [2.45, 2.75) is 18.2 Å². The number of nitrogens with zero attached hydrogens (tertiary/aromatic N) is 2. The Morgan fingerprint density at radius 1 is 1.10 bits per heavy atom. The van der Waals surface area contributed by atoms with E-state index in [-0.39, 0.29) is 11.9 Å². The number of carbonyl (C=O) groups excluding carboxylic acids is 2. The number of pyridine rings is 1. The van der Waals surface area contributed by atoms with Gasteiger partial charge in [-0.15, -0.1) is 11.8 Å². The second-order valence-electron chi connectivity index (χ2n) is 7.01. The van der Waals surface area contributed by atoms with Crippen molar-refractivity contribution < 1.29 is 9.59 Å². The maximum Gasteiger partial charge on any atom is 0.329 e. The van der Waals surface area contributed by atoms with E-state index in [1.54, 1.807) is 12.4 Å². The number of hydrogen-bond acceptors (Lipinski definition) is 4. The number of benzene rings is 2. The number of rotatable bonds is 2. The van der Waals surface area contributed by atoms with Crippen LogP contribution in [0.3, 0.4) is 0 Å². The molecule has 1 aromatic heterocycles. The molecule has 3 aromatic rings. The van der Waals surface area contributed by atoms with Gasteiger partial charge in [-0.3, -0.25) is 9.78 Å². The SMILES string of the molecule is Cc1c(Cl)cccc1C1=CC2NC(=O)N(c3cncc4ccccc34)C(=O)C2S1. The average Bonchev–Trinajstić information content (AvgIpc) is 3.14. The van der Waals surface area contributed by atoms with E-state index < -0.39 is 11.3 Å². The van der Waals surface area contributed by atoms with Crippen LogP contribution in [0.2, 0.25) is 5.02 Å². The molecule has 2 aliphatic heterocycles. The number of imide groups is 1. The fraction of sp³-hybridized carbons (Fsp3) is 0.136. The highest BCUT2D eigenvalue weighted by Gasteiger charge is 2.45. The number of urea groups is 1. The Bertz CT molecular complexity index is 1200. The predicted octanol–water partition coefficient (Wildman–Crippen LogP) is 4.78. The minimum atomic E-state index is -0.435. The molecular formula is C22H16ClN3O2S. The van der Waals surface area contributed by atoms with Crippen molar-refractivity contribution in [3.05, 3.63) is 77.1 Å². The van der Waals surface area contributed by atoms with E-state index in [1.807, 2.05) is 55.5 Å². The summed E-state index contributed by atoms with van der Waals surface area (Å²) >= 11 is 7.73. The molecule has 1 fully saturated rings. The molecule has 3 heterocycles. The Hall–Kier alpha value is -2.83. The summed E-state index contributed by atoms with van der Waals surface area (Å²) < 4.78 is 0. The second kappa shape index (κ2) is 6.90. The topological polar surface area (TPSA) is 62.3 Å². The normalized spacial score (nSPS) is 21.2. The molecule has 1 N–H and O–H groups in total. The molecule has 2 aliphatic rings. The molecule has 2 unspecified atom stereocenters. The predicted molar refractivity (Wildman–Crippen MR) is 117 cm³/mol. The highest BCUT2D eigenvalue weighted by atomic mass is 35.5. The Balaban J connectivity index is 1.52. The number of amides is 3. The van der Waals surface area contributed by atoms with E-state index in [0.29, 0.717) is 10.7 Å². The fourth-order valence-electron chi connectivity index (χ4n) is 3.79. The summed E-state index contributed by atoms with van der Waals surface area (Å²) in [5, 5.41) is 4.90. The first-order valence-corrected chi connectivity index (χ1v) is 10.4. The summed E-state index contributed by atoms with van der Waals surface area (Å²) in [5.74, 6) is -0.243. The average molecular weight is 422 g/mol. The van der Waals surface area contributed by atoms with Crippen molar-refractivity contribution in [3.8, 4) is 0 Å². The summed E-state index contributed by atoms with van der Waals surface area (Å²) in [5.41, 5.74) is 2.44. The maximum atomic E-state index is 13.3. The third-order valence-electron chi connectivity index (χ3n) is 5.29. The summed E-state index contributed by atoms with van der Waals surface area (Å²) in [6.45, 7) is 1.95. The van der Waals surface area contributed by atoms with E-state index in [0.717, 1.165) is 26.8 Å². The molecule has 2 atom stereocenters. The Labute approximate surface area is 176 Å². The number of halogens is 1. The van der Waals surface area contributed by atoms with Gasteiger partial charge in [0.2, 0.25) is 0 Å². The third-order valence-corrected chi connectivity index (χ3v) is 7.06. The van der Waals surface area contributed by atoms with Crippen molar-refractivity contribution in [2.24, 2.45) is 0 Å². The van der Waals surface area contributed by atoms with Gasteiger partial charge in [0.25, 0.3) is 5.91 Å². The molecule has 0 aliphatic carbocycles. The zero-order chi connectivity index (χ0) is 20.1. The van der Waals surface area contributed by atoms with Gasteiger partial charge >= 0.3 is 6.03 Å². The molecule has 144 valence electrons. The first kappa shape index (κ1) is 18.2. The van der Waals surface area contributed by atoms with Crippen LogP contribution in [-0.2, 0) is 4.79 Å². The molecule has 29 heavy (non-hydrogen) atoms. The van der Waals surface area contributed by atoms with Gasteiger partial charge in [0.05, 0.1) is 17.9 Å². The highest BCUT2D eigenvalue weighted by Crippen LogP contribution is 2.44. The molecule has 0 radical (unpaired) electrons. The van der Waals surface area contributed by atoms with Gasteiger partial charge in [-0.05, 0) is 30.2 Å². The number of thioether (sulfide) groups is 1. The maximum absolute atomic E-state index is 13.3. The van der Waals surface area contributed by atoms with Gasteiger partial charge in [0.1, 0.15) is 5.25 Å². The molecule has 5 nitrogen and oxygen atoms in total. The van der Waals surface area contributed by atoms with Crippen molar-refractivity contribution >= 4 is 56.7 Å². The lowest BCUT2D eigenvalue weighted by Crippen LogP contribution is -2.60. The monoisotopic (exact) mass is 421 g/mol. The molecule has 1 saturated heterocycles.